The van der Waals surface area contributed by atoms with Gasteiger partial charge in [-0.05, 0) is 25.0 Å². The minimum absolute atomic E-state index is 0.272. The summed E-state index contributed by atoms with van der Waals surface area (Å²) in [6.45, 7) is 3.92. The quantitative estimate of drug-likeness (QED) is 0.800. The second kappa shape index (κ2) is 6.65. The van der Waals surface area contributed by atoms with E-state index in [-0.39, 0.29) is 11.8 Å². The van der Waals surface area contributed by atoms with Gasteiger partial charge in [-0.25, -0.2) is 14.8 Å². The third-order valence-corrected chi connectivity index (χ3v) is 2.82. The van der Waals surface area contributed by atoms with Crippen molar-refractivity contribution >= 4 is 6.16 Å². The maximum absolute atomic E-state index is 11.8. The van der Waals surface area contributed by atoms with Crippen LogP contribution < -0.4 is 9.47 Å². The molecule has 0 radical (unpaired) electrons. The van der Waals surface area contributed by atoms with Crippen LogP contribution in [0.2, 0.25) is 0 Å². The summed E-state index contributed by atoms with van der Waals surface area (Å²) in [7, 11) is 0. The number of nitrogens with zero attached hydrogens (tertiary/aromatic N) is 2. The number of ether oxygens (including phenoxy) is 2. The molecule has 0 unspecified atom stereocenters. The minimum atomic E-state index is -0.827. The fourth-order valence-corrected chi connectivity index (χ4v) is 1.75. The van der Waals surface area contributed by atoms with Crippen molar-refractivity contribution in [2.24, 2.45) is 0 Å². The Bertz CT molecular complexity index is 548. The highest BCUT2D eigenvalue weighted by atomic mass is 16.7. The van der Waals surface area contributed by atoms with Crippen molar-refractivity contribution in [3.8, 4) is 11.8 Å². The van der Waals surface area contributed by atoms with E-state index in [4.69, 9.17) is 9.47 Å². The van der Waals surface area contributed by atoms with E-state index in [2.05, 4.69) is 9.97 Å². The molecule has 2 aromatic rings. The summed E-state index contributed by atoms with van der Waals surface area (Å²) in [6, 6.07) is 7.30. The first kappa shape index (κ1) is 14.0. The molecule has 0 amide bonds. The Morgan fingerprint density at radius 2 is 1.40 bits per heavy atom. The average molecular weight is 272 g/mol. The smallest absolute Gasteiger partial charge is 0.375 e. The lowest BCUT2D eigenvalue weighted by atomic mass is 10.2. The lowest BCUT2D eigenvalue weighted by molar-refractivity contribution is 0.147. The summed E-state index contributed by atoms with van der Waals surface area (Å²) in [4.78, 5) is 19.9. The van der Waals surface area contributed by atoms with Crippen molar-refractivity contribution in [1.82, 2.24) is 9.97 Å². The molecule has 0 aliphatic carbocycles. The zero-order valence-corrected chi connectivity index (χ0v) is 11.5. The Hall–Kier alpha value is -2.43. The Morgan fingerprint density at radius 3 is 1.80 bits per heavy atom. The van der Waals surface area contributed by atoms with Crippen LogP contribution in [-0.2, 0) is 12.8 Å². The van der Waals surface area contributed by atoms with Gasteiger partial charge in [-0.1, -0.05) is 26.0 Å². The predicted octanol–water partition coefficient (Wildman–Crippen LogP) is 3.18. The van der Waals surface area contributed by atoms with Gasteiger partial charge in [0.25, 0.3) is 0 Å². The number of rotatable bonds is 4. The van der Waals surface area contributed by atoms with Gasteiger partial charge in [-0.15, -0.1) is 0 Å². The maximum atomic E-state index is 11.8. The van der Waals surface area contributed by atoms with Crippen LogP contribution in [0.3, 0.4) is 0 Å². The second-order valence-corrected chi connectivity index (χ2v) is 4.10. The molecular formula is C15H16N2O3. The standard InChI is InChI=1S/C15H16N2O3/c1-3-11-7-5-9-16-13(11)19-15(18)20-14-12(4-2)8-6-10-17-14/h5-10H,3-4H2,1-2H3. The molecule has 2 aromatic heterocycles. The predicted molar refractivity (Wildman–Crippen MR) is 73.9 cm³/mol. The van der Waals surface area contributed by atoms with Gasteiger partial charge < -0.3 is 9.47 Å². The summed E-state index contributed by atoms with van der Waals surface area (Å²) in [6.07, 6.45) is 3.76. The molecule has 0 aliphatic heterocycles. The van der Waals surface area contributed by atoms with Crippen LogP contribution in [0, 0.1) is 0 Å². The lowest BCUT2D eigenvalue weighted by Crippen LogP contribution is -2.17. The zero-order valence-electron chi connectivity index (χ0n) is 11.5. The third-order valence-electron chi connectivity index (χ3n) is 2.82. The molecule has 0 aromatic carbocycles. The summed E-state index contributed by atoms with van der Waals surface area (Å²) in [5.41, 5.74) is 1.70. The highest BCUT2D eigenvalue weighted by Gasteiger charge is 2.14. The molecule has 0 saturated carbocycles. The molecule has 0 N–H and O–H groups in total. The topological polar surface area (TPSA) is 61.3 Å². The van der Waals surface area contributed by atoms with Crippen LogP contribution in [0.25, 0.3) is 0 Å². The molecule has 5 nitrogen and oxygen atoms in total. The maximum Gasteiger partial charge on any atom is 0.522 e. The Labute approximate surface area is 117 Å². The molecule has 5 heteroatoms. The van der Waals surface area contributed by atoms with Crippen LogP contribution in [0.1, 0.15) is 25.0 Å². The van der Waals surface area contributed by atoms with E-state index in [9.17, 15) is 4.79 Å². The van der Waals surface area contributed by atoms with Crippen molar-refractivity contribution in [2.45, 2.75) is 26.7 Å². The normalized spacial score (nSPS) is 10.1. The fourth-order valence-electron chi connectivity index (χ4n) is 1.75. The summed E-state index contributed by atoms with van der Waals surface area (Å²) in [5.74, 6) is 0.544. The molecule has 104 valence electrons. The van der Waals surface area contributed by atoms with E-state index in [1.54, 1.807) is 24.5 Å². The first-order chi connectivity index (χ1) is 9.74. The highest BCUT2D eigenvalue weighted by molar-refractivity contribution is 5.66. The van der Waals surface area contributed by atoms with Crippen LogP contribution in [0.4, 0.5) is 4.79 Å². The zero-order chi connectivity index (χ0) is 14.4. The fraction of sp³-hybridized carbons (Fsp3) is 0.267. The summed E-state index contributed by atoms with van der Waals surface area (Å²) < 4.78 is 10.3. The van der Waals surface area contributed by atoms with E-state index in [1.165, 1.54) is 0 Å². The SMILES string of the molecule is CCc1cccnc1OC(=O)Oc1ncccc1CC. The van der Waals surface area contributed by atoms with E-state index < -0.39 is 6.16 Å². The van der Waals surface area contributed by atoms with E-state index >= 15 is 0 Å². The van der Waals surface area contributed by atoms with E-state index in [0.717, 1.165) is 24.0 Å². The third kappa shape index (κ3) is 3.32. The van der Waals surface area contributed by atoms with Gasteiger partial charge in [0, 0.05) is 23.5 Å². The Balaban J connectivity index is 2.09. The van der Waals surface area contributed by atoms with Gasteiger partial charge >= 0.3 is 6.16 Å². The number of pyridine rings is 2. The number of carbonyl (C=O) groups is 1. The number of hydrogen-bond acceptors (Lipinski definition) is 5. The molecule has 20 heavy (non-hydrogen) atoms. The molecular weight excluding hydrogens is 256 g/mol. The van der Waals surface area contributed by atoms with Crippen LogP contribution in [-0.4, -0.2) is 16.1 Å². The van der Waals surface area contributed by atoms with Crippen molar-refractivity contribution in [3.05, 3.63) is 47.8 Å². The largest absolute Gasteiger partial charge is 0.522 e. The molecule has 0 atom stereocenters. The van der Waals surface area contributed by atoms with Gasteiger partial charge in [0.15, 0.2) is 0 Å². The first-order valence-electron chi connectivity index (χ1n) is 6.52. The van der Waals surface area contributed by atoms with Gasteiger partial charge in [0.05, 0.1) is 0 Å². The van der Waals surface area contributed by atoms with Crippen molar-refractivity contribution in [1.29, 1.82) is 0 Å². The Morgan fingerprint density at radius 1 is 0.950 bits per heavy atom. The molecule has 2 heterocycles. The monoisotopic (exact) mass is 272 g/mol. The highest BCUT2D eigenvalue weighted by Crippen LogP contribution is 2.18. The number of aromatic nitrogens is 2. The lowest BCUT2D eigenvalue weighted by Gasteiger charge is -2.08. The van der Waals surface area contributed by atoms with Gasteiger partial charge in [-0.2, -0.15) is 0 Å². The van der Waals surface area contributed by atoms with Crippen molar-refractivity contribution in [3.63, 3.8) is 0 Å². The second-order valence-electron chi connectivity index (χ2n) is 4.10. The number of carbonyl (C=O) groups excluding carboxylic acids is 1. The van der Waals surface area contributed by atoms with Crippen molar-refractivity contribution in [2.75, 3.05) is 0 Å². The Kier molecular flexibility index (Phi) is 4.65. The van der Waals surface area contributed by atoms with Crippen LogP contribution in [0.5, 0.6) is 11.8 Å². The molecule has 0 aliphatic rings. The molecule has 0 saturated heterocycles. The molecule has 2 rings (SSSR count). The summed E-state index contributed by atoms with van der Waals surface area (Å²) in [5, 5.41) is 0. The first-order valence-corrected chi connectivity index (χ1v) is 6.52. The average Bonchev–Trinajstić information content (AvgIpc) is 2.48. The summed E-state index contributed by atoms with van der Waals surface area (Å²) >= 11 is 0. The van der Waals surface area contributed by atoms with Gasteiger partial charge in [0.2, 0.25) is 11.8 Å². The van der Waals surface area contributed by atoms with Gasteiger partial charge in [0.1, 0.15) is 0 Å². The molecule has 0 spiro atoms. The van der Waals surface area contributed by atoms with Crippen LogP contribution in [0.15, 0.2) is 36.7 Å². The molecule has 0 bridgehead atoms. The minimum Gasteiger partial charge on any atom is -0.375 e. The van der Waals surface area contributed by atoms with E-state index in [0.29, 0.717) is 0 Å². The number of aryl methyl sites for hydroxylation is 2. The molecule has 0 fully saturated rings. The van der Waals surface area contributed by atoms with Gasteiger partial charge in [-0.3, -0.25) is 0 Å². The van der Waals surface area contributed by atoms with E-state index in [1.807, 2.05) is 26.0 Å². The number of hydrogen-bond donors (Lipinski definition) is 0. The van der Waals surface area contributed by atoms with Crippen molar-refractivity contribution < 1.29 is 14.3 Å². The van der Waals surface area contributed by atoms with Crippen LogP contribution >= 0.6 is 0 Å².